The molecule has 2 saturated heterocycles. The van der Waals surface area contributed by atoms with Crippen molar-refractivity contribution in [3.05, 3.63) is 29.6 Å². The largest absolute Gasteiger partial charge is 0.347 e. The van der Waals surface area contributed by atoms with Gasteiger partial charge in [0.05, 0.1) is 18.9 Å². The first-order valence-electron chi connectivity index (χ1n) is 6.98. The number of carbonyl (C=O) groups is 1. The molecule has 5 nitrogen and oxygen atoms in total. The van der Waals surface area contributed by atoms with Gasteiger partial charge in [0, 0.05) is 25.9 Å². The van der Waals surface area contributed by atoms with E-state index < -0.39 is 35.0 Å². The number of amides is 2. The van der Waals surface area contributed by atoms with Gasteiger partial charge >= 0.3 is 6.03 Å². The molecule has 0 aromatic heterocycles. The van der Waals surface area contributed by atoms with Crippen molar-refractivity contribution in [2.75, 3.05) is 31.6 Å². The summed E-state index contributed by atoms with van der Waals surface area (Å²) < 4.78 is 50.6. The molecule has 2 heterocycles. The third-order valence-corrected chi connectivity index (χ3v) is 3.90. The van der Waals surface area contributed by atoms with Crippen LogP contribution >= 0.6 is 0 Å². The topological polar surface area (TPSA) is 50.8 Å². The molecule has 0 aliphatic carbocycles. The quantitative estimate of drug-likeness (QED) is 0.810. The predicted molar refractivity (Wildman–Crippen MR) is 70.8 cm³/mol. The van der Waals surface area contributed by atoms with Crippen LogP contribution in [0.1, 0.15) is 12.8 Å². The number of benzene rings is 1. The minimum absolute atomic E-state index is 0.372. The third kappa shape index (κ3) is 2.76. The molecule has 120 valence electrons. The van der Waals surface area contributed by atoms with E-state index in [2.05, 4.69) is 5.32 Å². The summed E-state index contributed by atoms with van der Waals surface area (Å²) in [5, 5.41) is 2.25. The number of carbonyl (C=O) groups excluding carboxylic acids is 1. The number of urea groups is 1. The number of nitrogens with zero attached hydrogens (tertiary/aromatic N) is 1. The van der Waals surface area contributed by atoms with Crippen molar-refractivity contribution >= 4 is 11.7 Å². The molecular weight excluding hydrogens is 301 g/mol. The van der Waals surface area contributed by atoms with Crippen LogP contribution in [0.4, 0.5) is 23.7 Å². The van der Waals surface area contributed by atoms with E-state index in [4.69, 9.17) is 9.47 Å². The van der Waals surface area contributed by atoms with E-state index in [1.807, 2.05) is 0 Å². The lowest BCUT2D eigenvalue weighted by Gasteiger charge is -2.37. The molecule has 2 amide bonds. The number of anilines is 1. The van der Waals surface area contributed by atoms with E-state index in [1.54, 1.807) is 0 Å². The van der Waals surface area contributed by atoms with Crippen LogP contribution in [-0.4, -0.2) is 43.0 Å². The first-order chi connectivity index (χ1) is 10.5. The molecule has 0 saturated carbocycles. The Morgan fingerprint density at radius 3 is 2.36 bits per heavy atom. The molecule has 0 unspecified atom stereocenters. The molecule has 2 aliphatic heterocycles. The van der Waals surface area contributed by atoms with E-state index in [9.17, 15) is 18.0 Å². The highest BCUT2D eigenvalue weighted by Gasteiger charge is 2.40. The average Bonchev–Trinajstić information content (AvgIpc) is 2.97. The summed E-state index contributed by atoms with van der Waals surface area (Å²) in [6.07, 6.45) is 1.03. The lowest BCUT2D eigenvalue weighted by atomic mass is 10.0. The van der Waals surface area contributed by atoms with Gasteiger partial charge in [-0.2, -0.15) is 0 Å². The molecule has 8 heteroatoms. The number of nitrogens with one attached hydrogen (secondary N) is 1. The van der Waals surface area contributed by atoms with E-state index in [1.165, 1.54) is 4.90 Å². The number of piperidine rings is 1. The SMILES string of the molecule is O=C(Nc1ccc(F)c(F)c1F)N1CCC2(CC1)OCCO2. The molecule has 0 bridgehead atoms. The Labute approximate surface area is 125 Å². The van der Waals surface area contributed by atoms with Gasteiger partial charge in [0.1, 0.15) is 0 Å². The van der Waals surface area contributed by atoms with Crippen LogP contribution in [0.25, 0.3) is 0 Å². The minimum Gasteiger partial charge on any atom is -0.347 e. The molecule has 2 aliphatic rings. The fraction of sp³-hybridized carbons (Fsp3) is 0.500. The van der Waals surface area contributed by atoms with Gasteiger partial charge in [-0.05, 0) is 12.1 Å². The van der Waals surface area contributed by atoms with Crippen LogP contribution in [0.5, 0.6) is 0 Å². The standard InChI is InChI=1S/C14H15F3N2O3/c15-9-1-2-10(12(17)11(9)16)18-13(20)19-5-3-14(4-6-19)21-7-8-22-14/h1-2H,3-8H2,(H,18,20). The zero-order valence-corrected chi connectivity index (χ0v) is 11.7. The van der Waals surface area contributed by atoms with E-state index >= 15 is 0 Å². The van der Waals surface area contributed by atoms with E-state index in [-0.39, 0.29) is 0 Å². The Morgan fingerprint density at radius 1 is 1.09 bits per heavy atom. The molecule has 1 N–H and O–H groups in total. The normalized spacial score (nSPS) is 20.4. The minimum atomic E-state index is -1.61. The number of hydrogen-bond donors (Lipinski definition) is 1. The Morgan fingerprint density at radius 2 is 1.73 bits per heavy atom. The fourth-order valence-electron chi connectivity index (χ4n) is 2.65. The van der Waals surface area contributed by atoms with Crippen molar-refractivity contribution in [1.29, 1.82) is 0 Å². The van der Waals surface area contributed by atoms with Gasteiger partial charge in [-0.15, -0.1) is 0 Å². The van der Waals surface area contributed by atoms with Crippen LogP contribution in [0.3, 0.4) is 0 Å². The van der Waals surface area contributed by atoms with Gasteiger partial charge in [0.2, 0.25) is 0 Å². The third-order valence-electron chi connectivity index (χ3n) is 3.90. The van der Waals surface area contributed by atoms with Crippen molar-refractivity contribution < 1.29 is 27.4 Å². The summed E-state index contributed by atoms with van der Waals surface area (Å²) in [5.74, 6) is -4.94. The maximum absolute atomic E-state index is 13.5. The zero-order chi connectivity index (χ0) is 15.7. The molecule has 1 aromatic rings. The van der Waals surface area contributed by atoms with Crippen LogP contribution in [-0.2, 0) is 9.47 Å². The van der Waals surface area contributed by atoms with Crippen molar-refractivity contribution in [1.82, 2.24) is 4.90 Å². The van der Waals surface area contributed by atoms with Crippen molar-refractivity contribution in [2.45, 2.75) is 18.6 Å². The van der Waals surface area contributed by atoms with Gasteiger partial charge in [-0.1, -0.05) is 0 Å². The number of rotatable bonds is 1. The molecule has 1 aromatic carbocycles. The van der Waals surface area contributed by atoms with Crippen LogP contribution in [0.15, 0.2) is 12.1 Å². The molecule has 3 rings (SSSR count). The highest BCUT2D eigenvalue weighted by Crippen LogP contribution is 2.31. The summed E-state index contributed by atoms with van der Waals surface area (Å²) >= 11 is 0. The van der Waals surface area contributed by atoms with Gasteiger partial charge in [-0.25, -0.2) is 18.0 Å². The van der Waals surface area contributed by atoms with Gasteiger partial charge < -0.3 is 19.7 Å². The van der Waals surface area contributed by atoms with Crippen molar-refractivity contribution in [3.8, 4) is 0 Å². The Balaban J connectivity index is 1.62. The van der Waals surface area contributed by atoms with Gasteiger partial charge in [0.15, 0.2) is 23.2 Å². The summed E-state index contributed by atoms with van der Waals surface area (Å²) in [6.45, 7) is 1.81. The molecule has 2 fully saturated rings. The zero-order valence-electron chi connectivity index (χ0n) is 11.7. The van der Waals surface area contributed by atoms with Crippen LogP contribution < -0.4 is 5.32 Å². The molecule has 22 heavy (non-hydrogen) atoms. The first kappa shape index (κ1) is 15.1. The smallest absolute Gasteiger partial charge is 0.321 e. The lowest BCUT2D eigenvalue weighted by Crippen LogP contribution is -2.48. The number of likely N-dealkylation sites (tertiary alicyclic amines) is 1. The summed E-state index contributed by atoms with van der Waals surface area (Å²) in [6, 6.07) is 1.18. The lowest BCUT2D eigenvalue weighted by molar-refractivity contribution is -0.181. The summed E-state index contributed by atoms with van der Waals surface area (Å²) in [5.41, 5.74) is -0.391. The average molecular weight is 316 g/mol. The Hall–Kier alpha value is -1.80. The summed E-state index contributed by atoms with van der Waals surface area (Å²) in [4.78, 5) is 13.5. The Kier molecular flexibility index (Phi) is 3.96. The highest BCUT2D eigenvalue weighted by molar-refractivity contribution is 5.89. The van der Waals surface area contributed by atoms with Crippen molar-refractivity contribution in [3.63, 3.8) is 0 Å². The van der Waals surface area contributed by atoms with E-state index in [0.717, 1.165) is 12.1 Å². The van der Waals surface area contributed by atoms with Gasteiger partial charge in [0.25, 0.3) is 0 Å². The number of hydrogen-bond acceptors (Lipinski definition) is 3. The maximum atomic E-state index is 13.5. The second-order valence-corrected chi connectivity index (χ2v) is 5.25. The monoisotopic (exact) mass is 316 g/mol. The molecule has 1 spiro atoms. The molecule has 0 atom stereocenters. The van der Waals surface area contributed by atoms with Crippen molar-refractivity contribution in [2.24, 2.45) is 0 Å². The number of halogens is 3. The molecule has 0 radical (unpaired) electrons. The molecular formula is C14H15F3N2O3. The second kappa shape index (κ2) is 5.77. The maximum Gasteiger partial charge on any atom is 0.321 e. The second-order valence-electron chi connectivity index (χ2n) is 5.25. The van der Waals surface area contributed by atoms with Gasteiger partial charge in [-0.3, -0.25) is 0 Å². The predicted octanol–water partition coefficient (Wildman–Crippen LogP) is 2.47. The number of ether oxygens (including phenoxy) is 2. The first-order valence-corrected chi connectivity index (χ1v) is 6.98. The Bertz CT molecular complexity index is 581. The van der Waals surface area contributed by atoms with Crippen LogP contribution in [0, 0.1) is 17.5 Å². The highest BCUT2D eigenvalue weighted by atomic mass is 19.2. The summed E-state index contributed by atoms with van der Waals surface area (Å²) in [7, 11) is 0. The fourth-order valence-corrected chi connectivity index (χ4v) is 2.65. The van der Waals surface area contributed by atoms with Crippen LogP contribution in [0.2, 0.25) is 0 Å². The van der Waals surface area contributed by atoms with E-state index in [0.29, 0.717) is 39.1 Å².